The molecule has 0 aromatic carbocycles. The van der Waals surface area contributed by atoms with Gasteiger partial charge in [0, 0.05) is 12.1 Å². The lowest BCUT2D eigenvalue weighted by atomic mass is 9.77. The second-order valence-electron chi connectivity index (χ2n) is 7.43. The van der Waals surface area contributed by atoms with Crippen LogP contribution in [0.25, 0.3) is 0 Å². The van der Waals surface area contributed by atoms with E-state index < -0.39 is 6.10 Å². The lowest BCUT2D eigenvalue weighted by Gasteiger charge is -2.39. The second-order valence-corrected chi connectivity index (χ2v) is 7.43. The van der Waals surface area contributed by atoms with E-state index >= 15 is 0 Å². The van der Waals surface area contributed by atoms with Gasteiger partial charge in [-0.1, -0.05) is 20.8 Å². The summed E-state index contributed by atoms with van der Waals surface area (Å²) in [7, 11) is 0. The predicted octanol–water partition coefficient (Wildman–Crippen LogP) is 2.33. The van der Waals surface area contributed by atoms with Crippen LogP contribution in [0, 0.1) is 11.8 Å². The van der Waals surface area contributed by atoms with Gasteiger partial charge < -0.3 is 20.3 Å². The Bertz CT molecular complexity index is 275. The molecule has 0 saturated heterocycles. The number of rotatable bonds is 9. The summed E-state index contributed by atoms with van der Waals surface area (Å²) in [5.74, 6) is 1.36. The minimum absolute atomic E-state index is 0.150. The van der Waals surface area contributed by atoms with E-state index in [1.807, 2.05) is 0 Å². The fourth-order valence-corrected chi connectivity index (χ4v) is 3.11. The first-order valence-electron chi connectivity index (χ1n) is 8.52. The zero-order valence-electron chi connectivity index (χ0n) is 14.3. The maximum atomic E-state index is 10.1. The van der Waals surface area contributed by atoms with Crippen LogP contribution in [-0.2, 0) is 4.74 Å². The maximum Gasteiger partial charge on any atom is 0.0898 e. The summed E-state index contributed by atoms with van der Waals surface area (Å²) in [5, 5.41) is 23.1. The summed E-state index contributed by atoms with van der Waals surface area (Å²) < 4.78 is 5.69. The zero-order valence-corrected chi connectivity index (χ0v) is 14.3. The number of ether oxygens (including phenoxy) is 1. The van der Waals surface area contributed by atoms with E-state index in [2.05, 4.69) is 33.0 Å². The monoisotopic (exact) mass is 301 g/mol. The maximum absolute atomic E-state index is 10.1. The normalized spacial score (nSPS) is 29.6. The summed E-state index contributed by atoms with van der Waals surface area (Å²) in [6.45, 7) is 9.66. The van der Waals surface area contributed by atoms with Crippen molar-refractivity contribution >= 4 is 0 Å². The van der Waals surface area contributed by atoms with Crippen molar-refractivity contribution in [1.82, 2.24) is 5.32 Å². The van der Waals surface area contributed by atoms with Gasteiger partial charge in [-0.15, -0.1) is 0 Å². The minimum atomic E-state index is -0.512. The van der Waals surface area contributed by atoms with Crippen LogP contribution in [-0.4, -0.2) is 47.7 Å². The molecule has 2 atom stereocenters. The number of β-amino-alcohol motifs (C(OH)–C–C–N with tert-alkyl or cyclic N) is 1. The first-order chi connectivity index (χ1) is 9.87. The van der Waals surface area contributed by atoms with Crippen molar-refractivity contribution in [3.8, 4) is 0 Å². The highest BCUT2D eigenvalue weighted by molar-refractivity contribution is 4.92. The number of hydrogen-bond acceptors (Lipinski definition) is 4. The molecule has 1 aliphatic rings. The highest BCUT2D eigenvalue weighted by Gasteiger charge is 2.33. The summed E-state index contributed by atoms with van der Waals surface area (Å²) in [4.78, 5) is 0. The summed E-state index contributed by atoms with van der Waals surface area (Å²) in [5.41, 5.74) is -0.197. The zero-order chi connectivity index (χ0) is 15.9. The average molecular weight is 301 g/mol. The van der Waals surface area contributed by atoms with Gasteiger partial charge in [-0.05, 0) is 50.9 Å². The Morgan fingerprint density at radius 3 is 2.38 bits per heavy atom. The number of hydrogen-bond donors (Lipinski definition) is 3. The van der Waals surface area contributed by atoms with Crippen molar-refractivity contribution in [2.24, 2.45) is 11.8 Å². The SMILES string of the molecule is CC(C)CC(C)OCC(O)CNC1(CO)CCC(C)CC1. The van der Waals surface area contributed by atoms with Gasteiger partial charge in [-0.3, -0.25) is 0 Å². The van der Waals surface area contributed by atoms with Crippen LogP contribution in [0.1, 0.15) is 59.8 Å². The summed E-state index contributed by atoms with van der Waals surface area (Å²) in [6, 6.07) is 0. The van der Waals surface area contributed by atoms with Gasteiger partial charge >= 0.3 is 0 Å². The molecule has 2 unspecified atom stereocenters. The summed E-state index contributed by atoms with van der Waals surface area (Å²) in [6.07, 6.45) is 4.95. The quantitative estimate of drug-likeness (QED) is 0.612. The molecule has 0 radical (unpaired) electrons. The van der Waals surface area contributed by atoms with Gasteiger partial charge in [0.15, 0.2) is 0 Å². The Balaban J connectivity index is 2.26. The molecular formula is C17H35NO3. The molecule has 0 bridgehead atoms. The molecule has 21 heavy (non-hydrogen) atoms. The average Bonchev–Trinajstić information content (AvgIpc) is 2.44. The molecule has 1 fully saturated rings. The molecule has 0 aliphatic heterocycles. The van der Waals surface area contributed by atoms with Crippen molar-refractivity contribution in [3.63, 3.8) is 0 Å². The number of nitrogens with one attached hydrogen (secondary N) is 1. The smallest absolute Gasteiger partial charge is 0.0898 e. The van der Waals surface area contributed by atoms with E-state index in [-0.39, 0.29) is 18.2 Å². The van der Waals surface area contributed by atoms with Crippen LogP contribution in [0.4, 0.5) is 0 Å². The van der Waals surface area contributed by atoms with Crippen LogP contribution >= 0.6 is 0 Å². The number of aliphatic hydroxyl groups is 2. The van der Waals surface area contributed by atoms with Crippen LogP contribution in [0.15, 0.2) is 0 Å². The molecule has 3 N–H and O–H groups in total. The van der Waals surface area contributed by atoms with E-state index in [1.165, 1.54) is 0 Å². The van der Waals surface area contributed by atoms with Gasteiger partial charge in [0.05, 0.1) is 25.4 Å². The molecule has 4 heteroatoms. The Labute approximate surface area is 130 Å². The second kappa shape index (κ2) is 9.09. The lowest BCUT2D eigenvalue weighted by Crippen LogP contribution is -2.53. The van der Waals surface area contributed by atoms with E-state index in [9.17, 15) is 10.2 Å². The van der Waals surface area contributed by atoms with Crippen LogP contribution in [0.2, 0.25) is 0 Å². The third-order valence-corrected chi connectivity index (χ3v) is 4.62. The van der Waals surface area contributed by atoms with E-state index in [4.69, 9.17) is 4.74 Å². The first-order valence-corrected chi connectivity index (χ1v) is 8.52. The van der Waals surface area contributed by atoms with E-state index in [1.54, 1.807) is 0 Å². The van der Waals surface area contributed by atoms with Crippen molar-refractivity contribution in [2.75, 3.05) is 19.8 Å². The fourth-order valence-electron chi connectivity index (χ4n) is 3.11. The standard InChI is InChI=1S/C17H35NO3/c1-13(2)9-15(4)21-11-16(20)10-18-17(12-19)7-5-14(3)6-8-17/h13-16,18-20H,5-12H2,1-4H3. The van der Waals surface area contributed by atoms with Gasteiger partial charge in [-0.25, -0.2) is 0 Å². The van der Waals surface area contributed by atoms with Gasteiger partial charge in [0.1, 0.15) is 0 Å². The molecule has 4 nitrogen and oxygen atoms in total. The highest BCUT2D eigenvalue weighted by Crippen LogP contribution is 2.31. The molecule has 0 amide bonds. The third-order valence-electron chi connectivity index (χ3n) is 4.62. The summed E-state index contributed by atoms with van der Waals surface area (Å²) >= 11 is 0. The minimum Gasteiger partial charge on any atom is -0.394 e. The Morgan fingerprint density at radius 2 is 1.86 bits per heavy atom. The molecular weight excluding hydrogens is 266 g/mol. The van der Waals surface area contributed by atoms with Gasteiger partial charge in [-0.2, -0.15) is 0 Å². The topological polar surface area (TPSA) is 61.7 Å². The van der Waals surface area contributed by atoms with E-state index in [0.29, 0.717) is 19.1 Å². The van der Waals surface area contributed by atoms with Crippen LogP contribution in [0.3, 0.4) is 0 Å². The first kappa shape index (κ1) is 18.9. The fraction of sp³-hybridized carbons (Fsp3) is 1.00. The molecule has 0 aromatic heterocycles. The third kappa shape index (κ3) is 7.09. The largest absolute Gasteiger partial charge is 0.394 e. The van der Waals surface area contributed by atoms with Crippen molar-refractivity contribution in [3.05, 3.63) is 0 Å². The Morgan fingerprint density at radius 1 is 1.24 bits per heavy atom. The molecule has 0 spiro atoms. The van der Waals surface area contributed by atoms with Crippen molar-refractivity contribution in [2.45, 2.75) is 77.5 Å². The van der Waals surface area contributed by atoms with Crippen LogP contribution in [0.5, 0.6) is 0 Å². The van der Waals surface area contributed by atoms with Crippen molar-refractivity contribution in [1.29, 1.82) is 0 Å². The van der Waals surface area contributed by atoms with E-state index in [0.717, 1.165) is 38.0 Å². The molecule has 126 valence electrons. The molecule has 1 saturated carbocycles. The lowest BCUT2D eigenvalue weighted by molar-refractivity contribution is -0.0144. The Kier molecular flexibility index (Phi) is 8.17. The molecule has 1 rings (SSSR count). The predicted molar refractivity (Wildman–Crippen MR) is 86.3 cm³/mol. The number of aliphatic hydroxyl groups excluding tert-OH is 2. The molecule has 0 aromatic rings. The van der Waals surface area contributed by atoms with Gasteiger partial charge in [0.2, 0.25) is 0 Å². The highest BCUT2D eigenvalue weighted by atomic mass is 16.5. The molecule has 0 heterocycles. The van der Waals surface area contributed by atoms with Crippen molar-refractivity contribution < 1.29 is 14.9 Å². The molecule has 1 aliphatic carbocycles. The van der Waals surface area contributed by atoms with Gasteiger partial charge in [0.25, 0.3) is 0 Å². The Hall–Kier alpha value is -0.160. The van der Waals surface area contributed by atoms with Crippen LogP contribution < -0.4 is 5.32 Å².